The first-order chi connectivity index (χ1) is 12.0. The first-order valence-electron chi connectivity index (χ1n) is 9.14. The average molecular weight is 365 g/mol. The van der Waals surface area contributed by atoms with Gasteiger partial charge in [-0.25, -0.2) is 8.42 Å². The minimum atomic E-state index is -3.21. The van der Waals surface area contributed by atoms with Gasteiger partial charge in [0.1, 0.15) is 0 Å². The summed E-state index contributed by atoms with van der Waals surface area (Å²) in [5.41, 5.74) is 0.431. The van der Waals surface area contributed by atoms with Crippen molar-refractivity contribution >= 4 is 15.9 Å². The van der Waals surface area contributed by atoms with E-state index >= 15 is 0 Å². The van der Waals surface area contributed by atoms with E-state index in [4.69, 9.17) is 0 Å². The largest absolute Gasteiger partial charge is 0.355 e. The van der Waals surface area contributed by atoms with Crippen molar-refractivity contribution in [2.24, 2.45) is 5.92 Å². The fraction of sp³-hybridized carbons (Fsp3) is 0.667. The molecule has 2 fully saturated rings. The van der Waals surface area contributed by atoms with Crippen molar-refractivity contribution in [1.82, 2.24) is 14.6 Å². The van der Waals surface area contributed by atoms with Gasteiger partial charge in [-0.15, -0.1) is 0 Å². The first kappa shape index (κ1) is 18.3. The van der Waals surface area contributed by atoms with Gasteiger partial charge in [-0.1, -0.05) is 25.8 Å². The lowest BCUT2D eigenvalue weighted by molar-refractivity contribution is -0.125. The van der Waals surface area contributed by atoms with Crippen molar-refractivity contribution in [2.75, 3.05) is 25.4 Å². The molecule has 1 amide bonds. The van der Waals surface area contributed by atoms with Crippen molar-refractivity contribution < 1.29 is 13.2 Å². The highest BCUT2D eigenvalue weighted by atomic mass is 32.2. The molecule has 0 unspecified atom stereocenters. The predicted octanol–water partition coefficient (Wildman–Crippen LogP) is 1.68. The minimum absolute atomic E-state index is 0.0997. The fourth-order valence-corrected chi connectivity index (χ4v) is 5.50. The summed E-state index contributed by atoms with van der Waals surface area (Å²) in [5, 5.41) is 3.07. The van der Waals surface area contributed by atoms with Crippen LogP contribution in [0.5, 0.6) is 0 Å². The fourth-order valence-electron chi connectivity index (χ4n) is 3.84. The van der Waals surface area contributed by atoms with E-state index in [1.54, 1.807) is 6.20 Å². The quantitative estimate of drug-likeness (QED) is 0.797. The Morgan fingerprint density at radius 3 is 2.64 bits per heavy atom. The number of pyridine rings is 1. The number of nitrogens with zero attached hydrogens (tertiary/aromatic N) is 2. The third kappa shape index (κ3) is 3.87. The SMILES string of the molecule is CCCS(=O)(=O)N1CC(CNC(=O)C2CCCC2)(c2ccccn2)C1. The highest BCUT2D eigenvalue weighted by Crippen LogP contribution is 2.35. The number of hydrogen-bond donors (Lipinski definition) is 1. The Morgan fingerprint density at radius 2 is 2.04 bits per heavy atom. The number of amides is 1. The van der Waals surface area contributed by atoms with Gasteiger partial charge in [-0.2, -0.15) is 4.31 Å². The lowest BCUT2D eigenvalue weighted by Gasteiger charge is -2.48. The molecule has 0 radical (unpaired) electrons. The molecule has 0 spiro atoms. The highest BCUT2D eigenvalue weighted by molar-refractivity contribution is 7.89. The van der Waals surface area contributed by atoms with E-state index in [1.807, 2.05) is 25.1 Å². The highest BCUT2D eigenvalue weighted by Gasteiger charge is 2.50. The number of carbonyl (C=O) groups excluding carboxylic acids is 1. The van der Waals surface area contributed by atoms with Gasteiger partial charge in [-0.05, 0) is 31.4 Å². The van der Waals surface area contributed by atoms with E-state index in [9.17, 15) is 13.2 Å². The summed E-state index contributed by atoms with van der Waals surface area (Å²) < 4.78 is 26.1. The molecule has 2 aliphatic rings. The summed E-state index contributed by atoms with van der Waals surface area (Å²) in [4.78, 5) is 16.8. The second-order valence-corrected chi connectivity index (χ2v) is 9.37. The second kappa shape index (κ2) is 7.41. The molecule has 2 heterocycles. The Labute approximate surface area is 150 Å². The number of nitrogens with one attached hydrogen (secondary N) is 1. The van der Waals surface area contributed by atoms with E-state index in [0.29, 0.717) is 26.1 Å². The van der Waals surface area contributed by atoms with Gasteiger partial charge < -0.3 is 5.32 Å². The number of hydrogen-bond acceptors (Lipinski definition) is 4. The summed E-state index contributed by atoms with van der Waals surface area (Å²) in [7, 11) is -3.21. The van der Waals surface area contributed by atoms with E-state index in [2.05, 4.69) is 10.3 Å². The maximum atomic E-state index is 12.4. The Hall–Kier alpha value is -1.47. The maximum Gasteiger partial charge on any atom is 0.223 e. The molecule has 138 valence electrons. The van der Waals surface area contributed by atoms with Crippen LogP contribution in [0.4, 0.5) is 0 Å². The van der Waals surface area contributed by atoms with Crippen LogP contribution < -0.4 is 5.32 Å². The predicted molar refractivity (Wildman–Crippen MR) is 96.5 cm³/mol. The smallest absolute Gasteiger partial charge is 0.223 e. The van der Waals surface area contributed by atoms with Crippen LogP contribution in [0.25, 0.3) is 0 Å². The molecule has 1 aliphatic heterocycles. The summed E-state index contributed by atoms with van der Waals surface area (Å²) >= 11 is 0. The Balaban J connectivity index is 1.70. The van der Waals surface area contributed by atoms with Gasteiger partial charge in [0.25, 0.3) is 0 Å². The van der Waals surface area contributed by atoms with Crippen molar-refractivity contribution in [1.29, 1.82) is 0 Å². The molecule has 0 bridgehead atoms. The molecule has 7 heteroatoms. The summed E-state index contributed by atoms with van der Waals surface area (Å²) in [6.45, 7) is 3.08. The van der Waals surface area contributed by atoms with Gasteiger partial charge in [0.15, 0.2) is 0 Å². The monoisotopic (exact) mass is 365 g/mol. The Bertz CT molecular complexity index is 694. The maximum absolute atomic E-state index is 12.4. The normalized spacial score (nSPS) is 21.0. The number of aromatic nitrogens is 1. The summed E-state index contributed by atoms with van der Waals surface area (Å²) in [6, 6.07) is 5.68. The molecular weight excluding hydrogens is 338 g/mol. The van der Waals surface area contributed by atoms with Crippen molar-refractivity contribution in [2.45, 2.75) is 44.4 Å². The second-order valence-electron chi connectivity index (χ2n) is 7.28. The van der Waals surface area contributed by atoms with Crippen LogP contribution in [0, 0.1) is 5.92 Å². The van der Waals surface area contributed by atoms with Crippen LogP contribution in [0.1, 0.15) is 44.7 Å². The number of rotatable bonds is 7. The Morgan fingerprint density at radius 1 is 1.32 bits per heavy atom. The molecule has 25 heavy (non-hydrogen) atoms. The van der Waals surface area contributed by atoms with Crippen LogP contribution in [-0.4, -0.2) is 49.0 Å². The molecule has 0 atom stereocenters. The summed E-state index contributed by atoms with van der Waals surface area (Å²) in [6.07, 6.45) is 6.48. The van der Waals surface area contributed by atoms with Gasteiger partial charge >= 0.3 is 0 Å². The average Bonchev–Trinajstić information content (AvgIpc) is 3.09. The van der Waals surface area contributed by atoms with Gasteiger partial charge in [0.2, 0.25) is 15.9 Å². The lowest BCUT2D eigenvalue weighted by atomic mass is 9.78. The van der Waals surface area contributed by atoms with Crippen LogP contribution in [0.3, 0.4) is 0 Å². The standard InChI is InChI=1S/C18H27N3O3S/c1-2-11-25(23,24)21-13-18(14-21,16-9-5-6-10-19-16)12-20-17(22)15-7-3-4-8-15/h5-6,9-10,15H,2-4,7-8,11-14H2,1H3,(H,20,22). The van der Waals surface area contributed by atoms with Crippen molar-refractivity contribution in [3.63, 3.8) is 0 Å². The zero-order valence-corrected chi connectivity index (χ0v) is 15.6. The molecule has 0 aromatic carbocycles. The molecule has 1 saturated carbocycles. The van der Waals surface area contributed by atoms with Crippen LogP contribution >= 0.6 is 0 Å². The van der Waals surface area contributed by atoms with E-state index < -0.39 is 15.4 Å². The van der Waals surface area contributed by atoms with Gasteiger partial charge in [0.05, 0.1) is 16.9 Å². The minimum Gasteiger partial charge on any atom is -0.355 e. The molecule has 1 N–H and O–H groups in total. The molecular formula is C18H27N3O3S. The van der Waals surface area contributed by atoms with E-state index in [-0.39, 0.29) is 17.6 Å². The molecule has 1 aromatic rings. The number of carbonyl (C=O) groups is 1. The zero-order chi connectivity index (χ0) is 17.9. The van der Waals surface area contributed by atoms with Crippen LogP contribution in [0.2, 0.25) is 0 Å². The zero-order valence-electron chi connectivity index (χ0n) is 14.8. The third-order valence-electron chi connectivity index (χ3n) is 5.35. The van der Waals surface area contributed by atoms with Crippen molar-refractivity contribution in [3.05, 3.63) is 30.1 Å². The number of sulfonamides is 1. The molecule has 1 aliphatic carbocycles. The molecule has 3 rings (SSSR count). The van der Waals surface area contributed by atoms with Crippen molar-refractivity contribution in [3.8, 4) is 0 Å². The molecule has 1 saturated heterocycles. The molecule has 1 aromatic heterocycles. The first-order valence-corrected chi connectivity index (χ1v) is 10.7. The van der Waals surface area contributed by atoms with Gasteiger partial charge in [-0.3, -0.25) is 9.78 Å². The lowest BCUT2D eigenvalue weighted by Crippen LogP contribution is -2.65. The topological polar surface area (TPSA) is 79.4 Å². The van der Waals surface area contributed by atoms with E-state index in [1.165, 1.54) is 4.31 Å². The third-order valence-corrected chi connectivity index (χ3v) is 7.32. The summed E-state index contributed by atoms with van der Waals surface area (Å²) in [5.74, 6) is 0.378. The molecule has 6 nitrogen and oxygen atoms in total. The van der Waals surface area contributed by atoms with Gasteiger partial charge in [0, 0.05) is 31.7 Å². The Kier molecular flexibility index (Phi) is 5.43. The van der Waals surface area contributed by atoms with Crippen LogP contribution in [0.15, 0.2) is 24.4 Å². The van der Waals surface area contributed by atoms with E-state index in [0.717, 1.165) is 31.4 Å². The van der Waals surface area contributed by atoms with Crippen LogP contribution in [-0.2, 0) is 20.2 Å².